The van der Waals surface area contributed by atoms with Crippen LogP contribution < -0.4 is 0 Å². The molecule has 0 aliphatic rings. The first-order valence-corrected chi connectivity index (χ1v) is 145. The van der Waals surface area contributed by atoms with Crippen molar-refractivity contribution in [1.29, 1.82) is 0 Å². The molecule has 0 saturated heterocycles. The van der Waals surface area contributed by atoms with Gasteiger partial charge in [-0.15, -0.1) is 312 Å². The van der Waals surface area contributed by atoms with E-state index in [-0.39, 0.29) is 238 Å². The van der Waals surface area contributed by atoms with Gasteiger partial charge < -0.3 is 8.93 Å². The molecule has 71 heteroatoms. The van der Waals surface area contributed by atoms with Crippen LogP contribution in [0.15, 0.2) is 0 Å². The maximum atomic E-state index is 4.50. The number of hydrogen-bond acceptors (Lipinski definition) is 0. The summed E-state index contributed by atoms with van der Waals surface area (Å²) in [6.07, 6.45) is 0. The Kier molecular flexibility index (Phi) is 79.9. The lowest BCUT2D eigenvalue weighted by Crippen LogP contribution is -1.74. The predicted molar refractivity (Wildman–Crippen MR) is 592 cm³/mol. The van der Waals surface area contributed by atoms with Crippen molar-refractivity contribution in [3.63, 3.8) is 0 Å². The topological polar surface area (TPSA) is 0 Å². The fourth-order valence-electron chi connectivity index (χ4n) is 4.27. The van der Waals surface area contributed by atoms with Gasteiger partial charge in [0.05, 0.1) is 0 Å². The van der Waals surface area contributed by atoms with Crippen molar-refractivity contribution in [3.8, 4) is 0 Å². The van der Waals surface area contributed by atoms with E-state index in [1.807, 2.05) is 0 Å². The second kappa shape index (κ2) is 55.9. The molecule has 0 bridgehead atoms. The van der Waals surface area contributed by atoms with Crippen LogP contribution in [-0.2, 0) is 0 Å². The van der Waals surface area contributed by atoms with Crippen LogP contribution in [0.5, 0.6) is 0 Å². The first-order valence-electron chi connectivity index (χ1n) is 16.1. The standard InChI is InChI=1S/H72P71/c1-37-55(36)64(54(34)35)69(65(56(38(2)3)39(4)5)57(40(6)7)41(8)9)71(68(62(50(26)27)51(28)29)63(52(30)31)53(32)33)70(66(58(42(10)11)43(12)13)59(44(14)15)45(16)17)67(60(46(18)19)47(20)21)61(48(22)23)49(24)25/h1,37H,2-36H2/q-1. The van der Waals surface area contributed by atoms with E-state index < -0.39 is 0 Å². The molecule has 0 rings (SSSR count). The van der Waals surface area contributed by atoms with E-state index in [4.69, 9.17) is 0 Å². The molecule has 0 spiro atoms. The summed E-state index contributed by atoms with van der Waals surface area (Å²) in [7, 11) is 132. The van der Waals surface area contributed by atoms with Crippen LogP contribution in [0.1, 0.15) is 0 Å². The molecular formula is H72P71-. The Morgan fingerprint density at radius 3 is 0.310 bits per heavy atom. The van der Waals surface area contributed by atoms with Crippen LogP contribution in [0, 0.1) is 0 Å². The van der Waals surface area contributed by atoms with Crippen molar-refractivity contribution >= 4 is 567 Å². The van der Waals surface area contributed by atoms with E-state index in [0.717, 1.165) is 7.96 Å². The largest absolute Gasteiger partial charge is 0.524 e. The van der Waals surface area contributed by atoms with Crippen LogP contribution in [0.25, 0.3) is 0 Å². The lowest BCUT2D eigenvalue weighted by Gasteiger charge is -2.61. The summed E-state index contributed by atoms with van der Waals surface area (Å²) >= 11 is 0. The summed E-state index contributed by atoms with van der Waals surface area (Å²) in [6, 6.07) is 0. The number of rotatable bonds is 34. The Balaban J connectivity index is 11.8. The minimum absolute atomic E-state index is 0.242. The van der Waals surface area contributed by atoms with Crippen molar-refractivity contribution in [3.05, 3.63) is 0 Å². The molecule has 0 aromatic carbocycles. The Morgan fingerprint density at radius 1 is 0.141 bits per heavy atom. The average Bonchev–Trinajstić information content (AvgIpc) is 3.15. The molecule has 0 aliphatic heterocycles. The first kappa shape index (κ1) is 102. The molecule has 71 heavy (non-hydrogen) atoms. The molecule has 428 valence electrons. The highest BCUT2D eigenvalue weighted by Gasteiger charge is 2.63. The zero-order valence-electron chi connectivity index (χ0n) is 36.4. The van der Waals surface area contributed by atoms with Crippen molar-refractivity contribution < 1.29 is 0 Å². The Morgan fingerprint density at radius 2 is 0.225 bits per heavy atom. The molecule has 0 N–H and O–H groups in total. The van der Waals surface area contributed by atoms with E-state index in [2.05, 4.69) is 321 Å². The quantitative estimate of drug-likeness (QED) is 0.0564. The maximum Gasteiger partial charge on any atom is -0.00000927 e. The second-order valence-corrected chi connectivity index (χ2v) is 303. The zero-order valence-corrected chi connectivity index (χ0v) is 109. The van der Waals surface area contributed by atoms with Crippen LogP contribution >= 0.6 is 567 Å². The lowest BCUT2D eigenvalue weighted by atomic mass is 28.4. The van der Waals surface area contributed by atoms with E-state index in [1.54, 1.807) is 0 Å². The summed E-state index contributed by atoms with van der Waals surface area (Å²) in [4.78, 5) is 0. The van der Waals surface area contributed by atoms with Gasteiger partial charge in [0, 0.05) is 0 Å². The molecule has 0 saturated carbocycles. The minimum Gasteiger partial charge on any atom is -0.524 e. The van der Waals surface area contributed by atoms with E-state index in [1.165, 1.54) is 0 Å². The molecule has 0 aliphatic carbocycles. The molecule has 0 fully saturated rings. The first-order chi connectivity index (χ1) is 32.3. The molecule has 0 heterocycles. The third-order valence-electron chi connectivity index (χ3n) is 6.22. The number of hydrogen-bond donors (Lipinski definition) is 0. The van der Waals surface area contributed by atoms with Crippen molar-refractivity contribution in [2.45, 2.75) is 0 Å². The highest BCUT2D eigenvalue weighted by molar-refractivity contribution is 9.56. The molecule has 0 amide bonds. The SMILES string of the molecule is [PH-]PP(P)P(P(P)P)P(P(P(P(P)P)P(P)P)P(P(P)P)P(P)P)P(P(P(P(P)P)P(P)P)P(P(P)P)P(P)P)P(P(P(P(P)P)P(P)P)P(P(P)P)P(P)P)P(P(P(P)P)P(P)P)P(P(P)P)P(P)P. The molecule has 0 aromatic heterocycles. The molecule has 0 nitrogen and oxygen atoms in total. The van der Waals surface area contributed by atoms with Gasteiger partial charge in [0.1, 0.15) is 0 Å². The third kappa shape index (κ3) is 36.1. The normalized spacial score (nSPS) is 16.3. The summed E-state index contributed by atoms with van der Waals surface area (Å²) in [5, 5.41) is 0. The molecule has 0 aromatic rings. The smallest absolute Gasteiger partial charge is 0.00000927 e. The summed E-state index contributed by atoms with van der Waals surface area (Å²) in [5.74, 6) is 0. The van der Waals surface area contributed by atoms with Gasteiger partial charge in [-0.3, -0.25) is 7.96 Å². The fraction of sp³-hybridized carbons (Fsp3) is 0. The predicted octanol–water partition coefficient (Wildman–Crippen LogP) is 41.9. The molecule has 40 atom stereocenters. The molecular weight excluding hydrogens is 2200 g/mol. The zero-order chi connectivity index (χ0) is 56.3. The Bertz CT molecular complexity index is 1160. The summed E-state index contributed by atoms with van der Waals surface area (Å²) in [5.41, 5.74) is 0. The van der Waals surface area contributed by atoms with Gasteiger partial charge in [0.2, 0.25) is 0 Å². The van der Waals surface area contributed by atoms with Crippen molar-refractivity contribution in [2.75, 3.05) is 0 Å². The van der Waals surface area contributed by atoms with E-state index in [9.17, 15) is 0 Å². The van der Waals surface area contributed by atoms with Gasteiger partial charge in [0.25, 0.3) is 0 Å². The Hall–Kier alpha value is 30.5. The van der Waals surface area contributed by atoms with Crippen LogP contribution in [-0.4, -0.2) is 0 Å². The Labute approximate surface area is 558 Å². The summed E-state index contributed by atoms with van der Waals surface area (Å²) < 4.78 is 0. The van der Waals surface area contributed by atoms with E-state index in [0.29, 0.717) is 0 Å². The van der Waals surface area contributed by atoms with Gasteiger partial charge in [-0.2, -0.15) is 0 Å². The monoisotopic (exact) mass is 2270 g/mol. The van der Waals surface area contributed by atoms with Crippen LogP contribution in [0.3, 0.4) is 0 Å². The second-order valence-electron chi connectivity index (χ2n) is 11.2. The van der Waals surface area contributed by atoms with Crippen molar-refractivity contribution in [2.24, 2.45) is 0 Å². The highest BCUT2D eigenvalue weighted by atomic mass is 33.6. The van der Waals surface area contributed by atoms with Crippen molar-refractivity contribution in [1.82, 2.24) is 0 Å². The van der Waals surface area contributed by atoms with Gasteiger partial charge in [0.15, 0.2) is 0 Å². The molecule has 0 radical (unpaired) electrons. The van der Waals surface area contributed by atoms with Gasteiger partial charge in [-0.05, 0) is 231 Å². The van der Waals surface area contributed by atoms with Crippen LogP contribution in [0.2, 0.25) is 0 Å². The third-order valence-corrected chi connectivity index (χ3v) is 504. The fourth-order valence-corrected chi connectivity index (χ4v) is 1040. The highest BCUT2D eigenvalue weighted by Crippen LogP contribution is 3.50. The molecule has 40 unspecified atom stereocenters. The van der Waals surface area contributed by atoms with Gasteiger partial charge >= 0.3 is 0 Å². The van der Waals surface area contributed by atoms with Gasteiger partial charge in [-0.25, -0.2) is 0 Å². The average molecular weight is 2270 g/mol. The minimum atomic E-state index is -0.379. The van der Waals surface area contributed by atoms with Crippen LogP contribution in [0.4, 0.5) is 0 Å². The van der Waals surface area contributed by atoms with Gasteiger partial charge in [-0.1, -0.05) is 6.99 Å². The summed E-state index contributed by atoms with van der Waals surface area (Å²) in [6.45, 7) is -10.1. The lowest BCUT2D eigenvalue weighted by molar-refractivity contribution is 4.32. The van der Waals surface area contributed by atoms with E-state index >= 15 is 0 Å². The maximum absolute atomic E-state index is 4.50.